The van der Waals surface area contributed by atoms with E-state index in [-0.39, 0.29) is 11.2 Å². The molecule has 1 N–H and O–H groups in total. The first kappa shape index (κ1) is 13.6. The van der Waals surface area contributed by atoms with Gasteiger partial charge in [-0.3, -0.25) is 9.00 Å². The Bertz CT molecular complexity index is 594. The molecule has 0 radical (unpaired) electrons. The lowest BCUT2D eigenvalue weighted by atomic mass is 9.93. The van der Waals surface area contributed by atoms with Crippen LogP contribution in [0.25, 0.3) is 5.57 Å². The second-order valence-corrected chi connectivity index (χ2v) is 7.51. The van der Waals surface area contributed by atoms with Crippen LogP contribution in [0.4, 0.5) is 5.69 Å². The zero-order valence-electron chi connectivity index (χ0n) is 11.6. The van der Waals surface area contributed by atoms with Crippen LogP contribution in [-0.4, -0.2) is 20.6 Å². The third-order valence-electron chi connectivity index (χ3n) is 4.03. The molecule has 0 aromatic heterocycles. The van der Waals surface area contributed by atoms with Gasteiger partial charge in [-0.1, -0.05) is 24.6 Å². The molecule has 20 heavy (non-hydrogen) atoms. The third-order valence-corrected chi connectivity index (χ3v) is 6.06. The summed E-state index contributed by atoms with van der Waals surface area (Å²) in [6.45, 7) is 1.51. The number of benzene rings is 1. The molecule has 3 rings (SSSR count). The highest BCUT2D eigenvalue weighted by Crippen LogP contribution is 2.37. The van der Waals surface area contributed by atoms with E-state index >= 15 is 0 Å². The quantitative estimate of drug-likeness (QED) is 0.909. The van der Waals surface area contributed by atoms with E-state index in [9.17, 15) is 9.00 Å². The molecule has 3 nitrogen and oxygen atoms in total. The Morgan fingerprint density at radius 2 is 2.20 bits per heavy atom. The van der Waals surface area contributed by atoms with Crippen molar-refractivity contribution in [3.63, 3.8) is 0 Å². The van der Waals surface area contributed by atoms with Crippen LogP contribution in [-0.2, 0) is 15.6 Å². The van der Waals surface area contributed by atoms with Crippen LogP contribution in [0.5, 0.6) is 0 Å². The summed E-state index contributed by atoms with van der Waals surface area (Å²) in [5.74, 6) is -0.0576. The summed E-state index contributed by atoms with van der Waals surface area (Å²) in [5, 5.41) is 3.36. The largest absolute Gasteiger partial charge is 0.326 e. The third kappa shape index (κ3) is 2.70. The van der Waals surface area contributed by atoms with Crippen molar-refractivity contribution in [3.8, 4) is 0 Å². The van der Waals surface area contributed by atoms with Gasteiger partial charge in [0, 0.05) is 28.7 Å². The Balaban J connectivity index is 1.89. The molecule has 4 heteroatoms. The minimum absolute atomic E-state index is 0.0576. The van der Waals surface area contributed by atoms with E-state index in [1.165, 1.54) is 18.9 Å². The van der Waals surface area contributed by atoms with Crippen LogP contribution in [0.3, 0.4) is 0 Å². The van der Waals surface area contributed by atoms with Gasteiger partial charge in [-0.05, 0) is 42.5 Å². The number of nitrogens with one attached hydrogen (secondary N) is 1. The number of carbonyl (C=O) groups is 1. The molecule has 1 aromatic rings. The molecule has 2 aliphatic rings. The topological polar surface area (TPSA) is 46.2 Å². The van der Waals surface area contributed by atoms with Crippen molar-refractivity contribution in [3.05, 3.63) is 35.9 Å². The summed E-state index contributed by atoms with van der Waals surface area (Å²) in [5.41, 5.74) is 3.25. The second kappa shape index (κ2) is 5.52. The van der Waals surface area contributed by atoms with Gasteiger partial charge in [-0.25, -0.2) is 0 Å². The molecule has 1 aromatic carbocycles. The van der Waals surface area contributed by atoms with Crippen LogP contribution in [0.1, 0.15) is 38.2 Å². The zero-order chi connectivity index (χ0) is 14.1. The molecule has 1 fully saturated rings. The van der Waals surface area contributed by atoms with Gasteiger partial charge in [0.25, 0.3) is 0 Å². The molecule has 2 heterocycles. The van der Waals surface area contributed by atoms with E-state index in [1.807, 2.05) is 18.2 Å². The van der Waals surface area contributed by atoms with Crippen molar-refractivity contribution >= 4 is 28.0 Å². The van der Waals surface area contributed by atoms with Gasteiger partial charge in [0.05, 0.1) is 5.25 Å². The minimum atomic E-state index is -0.691. The number of allylic oxidation sites excluding steroid dienone is 1. The van der Waals surface area contributed by atoms with Crippen molar-refractivity contribution < 1.29 is 9.00 Å². The van der Waals surface area contributed by atoms with Crippen LogP contribution in [0, 0.1) is 0 Å². The molecule has 106 valence electrons. The van der Waals surface area contributed by atoms with E-state index in [1.54, 1.807) is 0 Å². The fraction of sp³-hybridized carbons (Fsp3) is 0.438. The van der Waals surface area contributed by atoms with E-state index in [0.717, 1.165) is 30.5 Å². The van der Waals surface area contributed by atoms with Crippen molar-refractivity contribution in [1.29, 1.82) is 0 Å². The fourth-order valence-electron chi connectivity index (χ4n) is 3.11. The first-order valence-electron chi connectivity index (χ1n) is 7.11. The predicted octanol–water partition coefficient (Wildman–Crippen LogP) is 3.10. The van der Waals surface area contributed by atoms with Crippen LogP contribution >= 0.6 is 0 Å². The van der Waals surface area contributed by atoms with Crippen molar-refractivity contribution in [2.24, 2.45) is 0 Å². The molecule has 3 unspecified atom stereocenters. The average Bonchev–Trinajstić information content (AvgIpc) is 2.37. The van der Waals surface area contributed by atoms with E-state index < -0.39 is 10.8 Å². The molecule has 2 bridgehead atoms. The molecule has 0 aliphatic carbocycles. The van der Waals surface area contributed by atoms with Crippen LogP contribution < -0.4 is 5.32 Å². The minimum Gasteiger partial charge on any atom is -0.326 e. The Morgan fingerprint density at radius 3 is 2.95 bits per heavy atom. The summed E-state index contributed by atoms with van der Waals surface area (Å²) >= 11 is 0. The predicted molar refractivity (Wildman–Crippen MR) is 82.9 cm³/mol. The normalized spacial score (nSPS) is 28.6. The highest BCUT2D eigenvalue weighted by atomic mass is 32.2. The number of hydrogen-bond acceptors (Lipinski definition) is 2. The fourth-order valence-corrected chi connectivity index (χ4v) is 5.05. The number of anilines is 1. The monoisotopic (exact) mass is 289 g/mol. The highest BCUT2D eigenvalue weighted by molar-refractivity contribution is 7.86. The molecule has 3 atom stereocenters. The average molecular weight is 289 g/mol. The number of amides is 1. The maximum Gasteiger partial charge on any atom is 0.221 e. The standard InChI is InChI=1S/C16H19NO2S/c1-11(18)17-14-5-2-4-12(8-14)13-9-15-6-3-7-16(10-13)20(15)19/h2,4-5,8-9,15-16H,3,6-7,10H2,1H3,(H,17,18). The van der Waals surface area contributed by atoms with E-state index in [4.69, 9.17) is 0 Å². The summed E-state index contributed by atoms with van der Waals surface area (Å²) in [4.78, 5) is 11.1. The summed E-state index contributed by atoms with van der Waals surface area (Å²) in [7, 11) is -0.691. The van der Waals surface area contributed by atoms with Gasteiger partial charge >= 0.3 is 0 Å². The summed E-state index contributed by atoms with van der Waals surface area (Å²) < 4.78 is 12.2. The Morgan fingerprint density at radius 1 is 1.35 bits per heavy atom. The number of fused-ring (bicyclic) bond motifs is 2. The van der Waals surface area contributed by atoms with Gasteiger partial charge in [-0.15, -0.1) is 0 Å². The van der Waals surface area contributed by atoms with Gasteiger partial charge < -0.3 is 5.32 Å². The first-order valence-corrected chi connectivity index (χ1v) is 8.39. The van der Waals surface area contributed by atoms with Gasteiger partial charge in [-0.2, -0.15) is 0 Å². The van der Waals surface area contributed by atoms with Gasteiger partial charge in [0.2, 0.25) is 5.91 Å². The molecule has 1 amide bonds. The maximum atomic E-state index is 12.2. The SMILES string of the molecule is CC(=O)Nc1cccc(C2=CC3CCCC(C2)S3=O)c1. The van der Waals surface area contributed by atoms with Crippen molar-refractivity contribution in [2.75, 3.05) is 5.32 Å². The molecular weight excluding hydrogens is 270 g/mol. The maximum absolute atomic E-state index is 12.2. The Labute approximate surface area is 121 Å². The van der Waals surface area contributed by atoms with Crippen LogP contribution in [0.15, 0.2) is 30.3 Å². The zero-order valence-corrected chi connectivity index (χ0v) is 12.4. The summed E-state index contributed by atoms with van der Waals surface area (Å²) in [6.07, 6.45) is 6.39. The number of rotatable bonds is 2. The number of hydrogen-bond donors (Lipinski definition) is 1. The van der Waals surface area contributed by atoms with Crippen molar-refractivity contribution in [2.45, 2.75) is 43.1 Å². The molecule has 0 spiro atoms. The van der Waals surface area contributed by atoms with Crippen LogP contribution in [0.2, 0.25) is 0 Å². The van der Waals surface area contributed by atoms with E-state index in [0.29, 0.717) is 5.25 Å². The lowest BCUT2D eigenvalue weighted by Gasteiger charge is -2.33. The molecule has 0 saturated carbocycles. The Kier molecular flexibility index (Phi) is 3.74. The highest BCUT2D eigenvalue weighted by Gasteiger charge is 2.33. The number of carbonyl (C=O) groups excluding carboxylic acids is 1. The lowest BCUT2D eigenvalue weighted by molar-refractivity contribution is -0.114. The smallest absolute Gasteiger partial charge is 0.221 e. The van der Waals surface area contributed by atoms with E-state index in [2.05, 4.69) is 17.5 Å². The summed E-state index contributed by atoms with van der Waals surface area (Å²) in [6, 6.07) is 7.94. The van der Waals surface area contributed by atoms with Gasteiger partial charge in [0.1, 0.15) is 0 Å². The van der Waals surface area contributed by atoms with Crippen molar-refractivity contribution in [1.82, 2.24) is 0 Å². The molecular formula is C16H19NO2S. The second-order valence-electron chi connectivity index (χ2n) is 5.58. The first-order chi connectivity index (χ1) is 9.63. The molecule has 1 saturated heterocycles. The van der Waals surface area contributed by atoms with Gasteiger partial charge in [0.15, 0.2) is 0 Å². The molecule has 2 aliphatic heterocycles. The lowest BCUT2D eigenvalue weighted by Crippen LogP contribution is -2.33. The Hall–Kier alpha value is -1.42.